The van der Waals surface area contributed by atoms with Crippen molar-refractivity contribution >= 4 is 23.9 Å². The normalized spacial score (nSPS) is 16.7. The summed E-state index contributed by atoms with van der Waals surface area (Å²) in [5, 5.41) is 14.6. The number of hydrogen-bond donors (Lipinski definition) is 3. The minimum atomic E-state index is -1.13. The van der Waals surface area contributed by atoms with Gasteiger partial charge < -0.3 is 25.4 Å². The molecule has 0 bridgehead atoms. The number of amides is 3. The van der Waals surface area contributed by atoms with Crippen molar-refractivity contribution in [1.82, 2.24) is 15.5 Å². The van der Waals surface area contributed by atoms with Gasteiger partial charge >= 0.3 is 12.1 Å². The molecular formula is C22H31N3O6. The van der Waals surface area contributed by atoms with Crippen molar-refractivity contribution in [2.45, 2.75) is 58.2 Å². The summed E-state index contributed by atoms with van der Waals surface area (Å²) in [6.07, 6.45) is 0.165. The Labute approximate surface area is 182 Å². The number of carbonyl (C=O) groups excluding carboxylic acids is 3. The Hall–Kier alpha value is -3.10. The lowest BCUT2D eigenvalue weighted by Crippen LogP contribution is -2.51. The summed E-state index contributed by atoms with van der Waals surface area (Å²) < 4.78 is 5.17. The van der Waals surface area contributed by atoms with E-state index in [1.54, 1.807) is 62.9 Å². The van der Waals surface area contributed by atoms with Crippen molar-refractivity contribution in [2.75, 3.05) is 13.1 Å². The number of piperidine rings is 1. The third-order valence-corrected chi connectivity index (χ3v) is 4.95. The van der Waals surface area contributed by atoms with Gasteiger partial charge in [-0.05, 0) is 46.1 Å². The summed E-state index contributed by atoms with van der Waals surface area (Å²) in [6, 6.07) is 6.64. The van der Waals surface area contributed by atoms with Gasteiger partial charge in [0.2, 0.25) is 11.8 Å². The van der Waals surface area contributed by atoms with E-state index in [0.29, 0.717) is 31.5 Å². The Kier molecular flexibility index (Phi) is 8.01. The number of carboxylic acids is 1. The number of nitrogens with zero attached hydrogens (tertiary/aromatic N) is 1. The monoisotopic (exact) mass is 433 g/mol. The highest BCUT2D eigenvalue weighted by atomic mass is 16.6. The molecule has 9 nitrogen and oxygen atoms in total. The van der Waals surface area contributed by atoms with Crippen LogP contribution in [0.2, 0.25) is 0 Å². The van der Waals surface area contributed by atoms with E-state index in [4.69, 9.17) is 4.74 Å². The van der Waals surface area contributed by atoms with Gasteiger partial charge in [0.15, 0.2) is 6.04 Å². The Morgan fingerprint density at radius 1 is 1.06 bits per heavy atom. The number of rotatable bonds is 6. The second kappa shape index (κ2) is 10.3. The van der Waals surface area contributed by atoms with Crippen LogP contribution in [0.25, 0.3) is 0 Å². The van der Waals surface area contributed by atoms with Crippen molar-refractivity contribution in [3.05, 3.63) is 35.9 Å². The van der Waals surface area contributed by atoms with Crippen LogP contribution in [0.5, 0.6) is 0 Å². The highest BCUT2D eigenvalue weighted by Gasteiger charge is 2.32. The maximum atomic E-state index is 12.6. The molecule has 0 spiro atoms. The molecule has 1 aliphatic rings. The maximum absolute atomic E-state index is 12.6. The van der Waals surface area contributed by atoms with E-state index in [1.165, 1.54) is 0 Å². The van der Waals surface area contributed by atoms with Gasteiger partial charge in [-0.1, -0.05) is 30.3 Å². The van der Waals surface area contributed by atoms with Crippen LogP contribution < -0.4 is 10.6 Å². The standard InChI is InChI=1S/C22H31N3O6/c1-14(23-21(30)31-22(2,3)4)19(27)25-12-10-16(11-13-25)18(26)24-17(20(28)29)15-8-6-5-7-9-15/h5-9,14,16-17H,10-13H2,1-4H3,(H,23,30)(H,24,26)(H,28,29)/t14-,17-/m0/s1. The number of hydrogen-bond acceptors (Lipinski definition) is 5. The predicted molar refractivity (Wildman–Crippen MR) is 113 cm³/mol. The smallest absolute Gasteiger partial charge is 0.408 e. The summed E-state index contributed by atoms with van der Waals surface area (Å²) in [6.45, 7) is 7.49. The fourth-order valence-corrected chi connectivity index (χ4v) is 3.38. The lowest BCUT2D eigenvalue weighted by atomic mass is 9.94. The number of carbonyl (C=O) groups is 4. The van der Waals surface area contributed by atoms with E-state index < -0.39 is 29.7 Å². The van der Waals surface area contributed by atoms with Crippen LogP contribution in [-0.4, -0.2) is 58.6 Å². The van der Waals surface area contributed by atoms with Gasteiger partial charge in [-0.3, -0.25) is 9.59 Å². The molecule has 9 heteroatoms. The first kappa shape index (κ1) is 24.2. The molecule has 1 saturated heterocycles. The average molecular weight is 434 g/mol. The Bertz CT molecular complexity index is 797. The Balaban J connectivity index is 1.87. The van der Waals surface area contributed by atoms with Crippen LogP contribution in [-0.2, 0) is 19.1 Å². The number of likely N-dealkylation sites (tertiary alicyclic amines) is 1. The lowest BCUT2D eigenvalue weighted by molar-refractivity contribution is -0.143. The van der Waals surface area contributed by atoms with Gasteiger partial charge in [0.1, 0.15) is 11.6 Å². The topological polar surface area (TPSA) is 125 Å². The van der Waals surface area contributed by atoms with E-state index in [1.807, 2.05) is 0 Å². The van der Waals surface area contributed by atoms with Crippen LogP contribution in [0.15, 0.2) is 30.3 Å². The van der Waals surface area contributed by atoms with Gasteiger partial charge in [0, 0.05) is 19.0 Å². The van der Waals surface area contributed by atoms with Crippen LogP contribution in [0.4, 0.5) is 4.79 Å². The van der Waals surface area contributed by atoms with Gasteiger partial charge in [0.25, 0.3) is 0 Å². The summed E-state index contributed by atoms with van der Waals surface area (Å²) in [7, 11) is 0. The van der Waals surface area contributed by atoms with Crippen molar-refractivity contribution in [1.29, 1.82) is 0 Å². The minimum absolute atomic E-state index is 0.252. The first-order valence-corrected chi connectivity index (χ1v) is 10.3. The molecule has 3 amide bonds. The molecule has 0 unspecified atom stereocenters. The molecule has 2 atom stereocenters. The molecule has 0 saturated carbocycles. The summed E-state index contributed by atoms with van der Waals surface area (Å²) in [5.41, 5.74) is -0.162. The third-order valence-electron chi connectivity index (χ3n) is 4.95. The molecule has 1 heterocycles. The molecule has 0 aromatic heterocycles. The van der Waals surface area contributed by atoms with Crippen molar-refractivity contribution in [3.63, 3.8) is 0 Å². The highest BCUT2D eigenvalue weighted by Crippen LogP contribution is 2.21. The summed E-state index contributed by atoms with van der Waals surface area (Å²) >= 11 is 0. The van der Waals surface area contributed by atoms with Gasteiger partial charge in [0.05, 0.1) is 0 Å². The number of benzene rings is 1. The third kappa shape index (κ3) is 7.27. The maximum Gasteiger partial charge on any atom is 0.408 e. The molecular weight excluding hydrogens is 402 g/mol. The zero-order valence-electron chi connectivity index (χ0n) is 18.4. The van der Waals surface area contributed by atoms with E-state index in [9.17, 15) is 24.3 Å². The number of carboxylic acid groups (broad SMARTS) is 1. The van der Waals surface area contributed by atoms with Crippen LogP contribution in [0.1, 0.15) is 52.1 Å². The molecule has 170 valence electrons. The first-order chi connectivity index (χ1) is 14.5. The lowest BCUT2D eigenvalue weighted by Gasteiger charge is -2.33. The zero-order valence-corrected chi connectivity index (χ0v) is 18.4. The van der Waals surface area contributed by atoms with E-state index in [0.717, 1.165) is 0 Å². The number of ether oxygens (including phenoxy) is 1. The molecule has 1 aromatic carbocycles. The zero-order chi connectivity index (χ0) is 23.2. The quantitative estimate of drug-likeness (QED) is 0.631. The second-order valence-corrected chi connectivity index (χ2v) is 8.66. The molecule has 1 aliphatic heterocycles. The molecule has 2 rings (SSSR count). The fourth-order valence-electron chi connectivity index (χ4n) is 3.38. The fraction of sp³-hybridized carbons (Fsp3) is 0.545. The Morgan fingerprint density at radius 2 is 1.65 bits per heavy atom. The molecule has 1 fully saturated rings. The first-order valence-electron chi connectivity index (χ1n) is 10.3. The van der Waals surface area contributed by atoms with Crippen LogP contribution >= 0.6 is 0 Å². The van der Waals surface area contributed by atoms with Gasteiger partial charge in [-0.15, -0.1) is 0 Å². The SMILES string of the molecule is C[C@H](NC(=O)OC(C)(C)C)C(=O)N1CCC(C(=O)N[C@H](C(=O)O)c2ccccc2)CC1. The average Bonchev–Trinajstić information content (AvgIpc) is 2.70. The van der Waals surface area contributed by atoms with Crippen molar-refractivity contribution in [2.24, 2.45) is 5.92 Å². The van der Waals surface area contributed by atoms with E-state index in [-0.39, 0.29) is 17.7 Å². The minimum Gasteiger partial charge on any atom is -0.479 e. The molecule has 0 radical (unpaired) electrons. The van der Waals surface area contributed by atoms with Crippen LogP contribution in [0, 0.1) is 5.92 Å². The molecule has 0 aliphatic carbocycles. The van der Waals surface area contributed by atoms with Gasteiger partial charge in [-0.25, -0.2) is 9.59 Å². The second-order valence-electron chi connectivity index (χ2n) is 8.66. The van der Waals surface area contributed by atoms with Crippen LogP contribution in [0.3, 0.4) is 0 Å². The largest absolute Gasteiger partial charge is 0.479 e. The molecule has 3 N–H and O–H groups in total. The predicted octanol–water partition coefficient (Wildman–Crippen LogP) is 2.08. The number of nitrogens with one attached hydrogen (secondary N) is 2. The van der Waals surface area contributed by atoms with E-state index >= 15 is 0 Å². The summed E-state index contributed by atoms with van der Waals surface area (Å²) in [5.74, 6) is -2.11. The Morgan fingerprint density at radius 3 is 2.16 bits per heavy atom. The molecule has 1 aromatic rings. The summed E-state index contributed by atoms with van der Waals surface area (Å²) in [4.78, 5) is 50.3. The van der Waals surface area contributed by atoms with E-state index in [2.05, 4.69) is 10.6 Å². The molecule has 31 heavy (non-hydrogen) atoms. The number of aliphatic carboxylic acids is 1. The highest BCUT2D eigenvalue weighted by molar-refractivity contribution is 5.87. The van der Waals surface area contributed by atoms with Crippen molar-refractivity contribution < 1.29 is 29.0 Å². The van der Waals surface area contributed by atoms with Gasteiger partial charge in [-0.2, -0.15) is 0 Å². The number of alkyl carbamates (subject to hydrolysis) is 1. The van der Waals surface area contributed by atoms with Crippen molar-refractivity contribution in [3.8, 4) is 0 Å².